The molecule has 1 amide bonds. The van der Waals surface area contributed by atoms with Crippen LogP contribution in [0.15, 0.2) is 30.3 Å². The first-order valence-electron chi connectivity index (χ1n) is 11.0. The Bertz CT molecular complexity index is 666. The van der Waals surface area contributed by atoms with Crippen LogP contribution in [-0.2, 0) is 4.79 Å². The van der Waals surface area contributed by atoms with Gasteiger partial charge in [-0.2, -0.15) is 0 Å². The monoisotopic (exact) mass is 403 g/mol. The number of nitrogens with one attached hydrogen (secondary N) is 1. The second kappa shape index (κ2) is 8.36. The van der Waals surface area contributed by atoms with Crippen molar-refractivity contribution in [2.24, 2.45) is 16.7 Å². The number of rotatable bonds is 5. The summed E-state index contributed by atoms with van der Waals surface area (Å²) in [5.74, 6) is 1.05. The van der Waals surface area contributed by atoms with Gasteiger partial charge in [-0.1, -0.05) is 58.2 Å². The molecule has 0 radical (unpaired) electrons. The average molecular weight is 404 g/mol. The van der Waals surface area contributed by atoms with Crippen molar-refractivity contribution < 1.29 is 17.2 Å². The second-order valence-electron chi connectivity index (χ2n) is 10.1. The molecule has 1 N–H and O–H groups in total. The molecule has 1 aromatic rings. The molecule has 0 spiro atoms. The highest BCUT2D eigenvalue weighted by molar-refractivity contribution is 5.95. The molecule has 0 heterocycles. The predicted molar refractivity (Wildman–Crippen MR) is 112 cm³/mol. The Morgan fingerprint density at radius 2 is 1.75 bits per heavy atom. The fraction of sp³-hybridized carbons (Fsp3) is 0.708. The molecule has 0 aromatic heterocycles. The third-order valence-electron chi connectivity index (χ3n) is 7.97. The van der Waals surface area contributed by atoms with Gasteiger partial charge < -0.3 is 22.6 Å². The number of halogens is 1. The van der Waals surface area contributed by atoms with E-state index in [0.29, 0.717) is 24.0 Å². The zero-order chi connectivity index (χ0) is 19.1. The number of carbonyl (C=O) groups excluding carboxylic acids is 1. The van der Waals surface area contributed by atoms with Gasteiger partial charge in [0.2, 0.25) is 5.91 Å². The fourth-order valence-corrected chi connectivity index (χ4v) is 6.57. The van der Waals surface area contributed by atoms with Crippen molar-refractivity contribution in [3.05, 3.63) is 30.3 Å². The molecule has 2 bridgehead atoms. The van der Waals surface area contributed by atoms with Crippen molar-refractivity contribution in [2.45, 2.75) is 84.2 Å². The van der Waals surface area contributed by atoms with Crippen molar-refractivity contribution in [1.29, 1.82) is 0 Å². The minimum atomic E-state index is 0. The number of benzene rings is 1. The van der Waals surface area contributed by atoms with Gasteiger partial charge in [0.1, 0.15) is 0 Å². The van der Waals surface area contributed by atoms with E-state index < -0.39 is 0 Å². The van der Waals surface area contributed by atoms with E-state index in [2.05, 4.69) is 43.1 Å². The van der Waals surface area contributed by atoms with E-state index in [4.69, 9.17) is 0 Å². The molecule has 28 heavy (non-hydrogen) atoms. The van der Waals surface area contributed by atoms with Crippen LogP contribution >= 0.6 is 0 Å². The van der Waals surface area contributed by atoms with Crippen LogP contribution in [0, 0.1) is 16.7 Å². The minimum Gasteiger partial charge on any atom is -1.00 e. The normalized spacial score (nSPS) is 31.4. The SMILES string of the molecule is CC12CCC(C1)C(C)(C)C2NCC(=O)N(c1ccccc1)C1CCCCC1.[Cl-]. The molecule has 3 saturated carbocycles. The summed E-state index contributed by atoms with van der Waals surface area (Å²) in [6.07, 6.45) is 10.0. The number of hydrogen-bond acceptors (Lipinski definition) is 2. The van der Waals surface area contributed by atoms with E-state index in [-0.39, 0.29) is 23.7 Å². The number of nitrogens with zero attached hydrogens (tertiary/aromatic N) is 1. The first-order chi connectivity index (χ1) is 12.9. The topological polar surface area (TPSA) is 32.3 Å². The highest BCUT2D eigenvalue weighted by Crippen LogP contribution is 2.62. The van der Waals surface area contributed by atoms with Crippen molar-refractivity contribution in [1.82, 2.24) is 5.32 Å². The summed E-state index contributed by atoms with van der Waals surface area (Å²) in [5.41, 5.74) is 1.71. The van der Waals surface area contributed by atoms with E-state index in [0.717, 1.165) is 24.4 Å². The van der Waals surface area contributed by atoms with E-state index in [1.54, 1.807) is 0 Å². The number of para-hydroxylation sites is 1. The van der Waals surface area contributed by atoms with E-state index >= 15 is 0 Å². The number of amides is 1. The van der Waals surface area contributed by atoms with Gasteiger partial charge in [0.15, 0.2) is 0 Å². The van der Waals surface area contributed by atoms with Crippen molar-refractivity contribution in [3.8, 4) is 0 Å². The minimum absolute atomic E-state index is 0. The molecular formula is C24H36ClN2O-. The molecule has 156 valence electrons. The van der Waals surface area contributed by atoms with Crippen LogP contribution in [0.4, 0.5) is 5.69 Å². The maximum absolute atomic E-state index is 13.4. The standard InChI is InChI=1S/C24H36N2O.ClH/c1-23(2)18-14-15-24(3,16-18)22(23)25-17-21(27)26(19-10-6-4-7-11-19)20-12-8-5-9-13-20;/h4,6-7,10-11,18,20,22,25H,5,8-9,12-17H2,1-3H3;1H/p-1. The smallest absolute Gasteiger partial charge is 0.241 e. The van der Waals surface area contributed by atoms with Gasteiger partial charge in [0.05, 0.1) is 6.54 Å². The lowest BCUT2D eigenvalue weighted by molar-refractivity contribution is -0.118. The van der Waals surface area contributed by atoms with E-state index in [1.807, 2.05) is 18.2 Å². The molecule has 0 aliphatic heterocycles. The summed E-state index contributed by atoms with van der Waals surface area (Å²) >= 11 is 0. The lowest BCUT2D eigenvalue weighted by Crippen LogP contribution is -3.00. The number of hydrogen-bond donors (Lipinski definition) is 1. The Balaban J connectivity index is 0.00000225. The molecule has 4 heteroatoms. The molecule has 3 aliphatic rings. The molecule has 3 aliphatic carbocycles. The van der Waals surface area contributed by atoms with Crippen LogP contribution in [0.1, 0.15) is 72.1 Å². The first-order valence-corrected chi connectivity index (χ1v) is 11.0. The zero-order valence-electron chi connectivity index (χ0n) is 17.7. The molecular weight excluding hydrogens is 368 g/mol. The highest BCUT2D eigenvalue weighted by Gasteiger charge is 2.59. The summed E-state index contributed by atoms with van der Waals surface area (Å²) in [5, 5.41) is 3.74. The largest absolute Gasteiger partial charge is 1.00 e. The molecule has 0 saturated heterocycles. The number of anilines is 1. The fourth-order valence-electron chi connectivity index (χ4n) is 6.57. The van der Waals surface area contributed by atoms with Crippen LogP contribution in [0.2, 0.25) is 0 Å². The molecule has 3 atom stereocenters. The first kappa shape index (κ1) is 21.6. The third-order valence-corrected chi connectivity index (χ3v) is 7.97. The van der Waals surface area contributed by atoms with Crippen LogP contribution in [0.25, 0.3) is 0 Å². The summed E-state index contributed by atoms with van der Waals surface area (Å²) in [6.45, 7) is 7.70. The molecule has 3 nitrogen and oxygen atoms in total. The van der Waals surface area contributed by atoms with Gasteiger partial charge in [-0.05, 0) is 61.0 Å². The summed E-state index contributed by atoms with van der Waals surface area (Å²) in [7, 11) is 0. The zero-order valence-corrected chi connectivity index (χ0v) is 18.5. The van der Waals surface area contributed by atoms with Crippen LogP contribution in [0.5, 0.6) is 0 Å². The number of fused-ring (bicyclic) bond motifs is 2. The summed E-state index contributed by atoms with van der Waals surface area (Å²) < 4.78 is 0. The number of carbonyl (C=O) groups is 1. The van der Waals surface area contributed by atoms with Crippen molar-refractivity contribution >= 4 is 11.6 Å². The third kappa shape index (κ3) is 3.85. The van der Waals surface area contributed by atoms with Gasteiger partial charge >= 0.3 is 0 Å². The van der Waals surface area contributed by atoms with Crippen LogP contribution < -0.4 is 22.6 Å². The Morgan fingerprint density at radius 3 is 2.36 bits per heavy atom. The predicted octanol–water partition coefficient (Wildman–Crippen LogP) is 2.16. The lowest BCUT2D eigenvalue weighted by atomic mass is 9.68. The summed E-state index contributed by atoms with van der Waals surface area (Å²) in [6, 6.07) is 11.1. The molecule has 3 unspecified atom stereocenters. The van der Waals surface area contributed by atoms with Gasteiger partial charge in [-0.3, -0.25) is 4.79 Å². The Hall–Kier alpha value is -1.06. The van der Waals surface area contributed by atoms with Crippen LogP contribution in [0.3, 0.4) is 0 Å². The second-order valence-corrected chi connectivity index (χ2v) is 10.1. The highest BCUT2D eigenvalue weighted by atomic mass is 35.5. The van der Waals surface area contributed by atoms with Crippen molar-refractivity contribution in [2.75, 3.05) is 11.4 Å². The Morgan fingerprint density at radius 1 is 1.07 bits per heavy atom. The van der Waals surface area contributed by atoms with E-state index in [1.165, 1.54) is 38.5 Å². The van der Waals surface area contributed by atoms with Crippen molar-refractivity contribution in [3.63, 3.8) is 0 Å². The van der Waals surface area contributed by atoms with Gasteiger partial charge in [0, 0.05) is 17.8 Å². The van der Waals surface area contributed by atoms with Gasteiger partial charge in [-0.25, -0.2) is 0 Å². The maximum Gasteiger partial charge on any atom is 0.241 e. The molecule has 3 fully saturated rings. The molecule has 4 rings (SSSR count). The Labute approximate surface area is 177 Å². The maximum atomic E-state index is 13.4. The average Bonchev–Trinajstić information content (AvgIpc) is 3.14. The summed E-state index contributed by atoms with van der Waals surface area (Å²) in [4.78, 5) is 15.5. The van der Waals surface area contributed by atoms with Gasteiger partial charge in [0.25, 0.3) is 0 Å². The lowest BCUT2D eigenvalue weighted by Gasteiger charge is -2.43. The van der Waals surface area contributed by atoms with Gasteiger partial charge in [-0.15, -0.1) is 0 Å². The molecule has 1 aromatic carbocycles. The van der Waals surface area contributed by atoms with E-state index in [9.17, 15) is 4.79 Å². The van der Waals surface area contributed by atoms with Crippen LogP contribution in [-0.4, -0.2) is 24.5 Å². The quantitative estimate of drug-likeness (QED) is 0.817. The Kier molecular flexibility index (Phi) is 6.46.